The van der Waals surface area contributed by atoms with E-state index in [1.807, 2.05) is 17.8 Å². The van der Waals surface area contributed by atoms with Gasteiger partial charge in [-0.1, -0.05) is 13.8 Å². The Morgan fingerprint density at radius 2 is 1.95 bits per heavy atom. The highest BCUT2D eigenvalue weighted by molar-refractivity contribution is 7.99. The fraction of sp³-hybridized carbons (Fsp3) is 0.625. The van der Waals surface area contributed by atoms with Crippen LogP contribution in [0.1, 0.15) is 46.6 Å². The first-order chi connectivity index (χ1) is 8.78. The van der Waals surface area contributed by atoms with E-state index < -0.39 is 0 Å². The van der Waals surface area contributed by atoms with Gasteiger partial charge in [-0.3, -0.25) is 0 Å². The molecule has 0 atom stereocenters. The molecule has 0 aliphatic heterocycles. The molecule has 0 aromatic heterocycles. The summed E-state index contributed by atoms with van der Waals surface area (Å²) < 4.78 is 13.4. The van der Waals surface area contributed by atoms with E-state index in [-0.39, 0.29) is 11.4 Å². The Bertz CT molecular complexity index is 396. The van der Waals surface area contributed by atoms with Gasteiger partial charge >= 0.3 is 0 Å². The lowest BCUT2D eigenvalue weighted by Crippen LogP contribution is -2.35. The Labute approximate surface area is 121 Å². The molecule has 0 fully saturated rings. The molecule has 108 valence electrons. The molecule has 0 amide bonds. The van der Waals surface area contributed by atoms with Gasteiger partial charge in [-0.05, 0) is 62.6 Å². The van der Waals surface area contributed by atoms with Gasteiger partial charge in [-0.2, -0.15) is 0 Å². The maximum Gasteiger partial charge on any atom is 0.123 e. The topological polar surface area (TPSA) is 12.0 Å². The van der Waals surface area contributed by atoms with Crippen molar-refractivity contribution >= 4 is 11.8 Å². The second-order valence-electron chi connectivity index (χ2n) is 6.39. The first-order valence-corrected chi connectivity index (χ1v) is 7.93. The van der Waals surface area contributed by atoms with Crippen molar-refractivity contribution in [2.75, 3.05) is 5.75 Å². The Morgan fingerprint density at radius 3 is 2.53 bits per heavy atom. The fourth-order valence-electron chi connectivity index (χ4n) is 1.59. The van der Waals surface area contributed by atoms with E-state index in [2.05, 4.69) is 39.9 Å². The normalized spacial score (nSPS) is 12.2. The lowest BCUT2D eigenvalue weighted by Gasteiger charge is -2.21. The van der Waals surface area contributed by atoms with Crippen molar-refractivity contribution in [2.24, 2.45) is 5.92 Å². The van der Waals surface area contributed by atoms with Crippen molar-refractivity contribution in [2.45, 2.75) is 58.0 Å². The highest BCUT2D eigenvalue weighted by Gasteiger charge is 2.11. The van der Waals surface area contributed by atoms with Crippen molar-refractivity contribution in [1.29, 1.82) is 0 Å². The third-order valence-corrected chi connectivity index (χ3v) is 3.93. The smallest absolute Gasteiger partial charge is 0.123 e. The molecule has 0 radical (unpaired) electrons. The highest BCUT2D eigenvalue weighted by Crippen LogP contribution is 2.25. The second kappa shape index (κ2) is 7.30. The number of hydrogen-bond acceptors (Lipinski definition) is 2. The predicted molar refractivity (Wildman–Crippen MR) is 83.2 cm³/mol. The zero-order chi connectivity index (χ0) is 14.5. The van der Waals surface area contributed by atoms with Crippen LogP contribution in [0.4, 0.5) is 4.39 Å². The van der Waals surface area contributed by atoms with Crippen LogP contribution in [0.25, 0.3) is 0 Å². The van der Waals surface area contributed by atoms with Gasteiger partial charge in [-0.25, -0.2) is 4.39 Å². The van der Waals surface area contributed by atoms with E-state index in [1.54, 1.807) is 12.1 Å². The monoisotopic (exact) mass is 283 g/mol. The Kier molecular flexibility index (Phi) is 6.34. The molecule has 1 aromatic rings. The van der Waals surface area contributed by atoms with Crippen molar-refractivity contribution < 1.29 is 4.39 Å². The molecule has 1 aromatic carbocycles. The van der Waals surface area contributed by atoms with Crippen molar-refractivity contribution in [3.05, 3.63) is 29.6 Å². The van der Waals surface area contributed by atoms with Crippen molar-refractivity contribution in [3.63, 3.8) is 0 Å². The van der Waals surface area contributed by atoms with E-state index in [1.165, 1.54) is 11.3 Å². The van der Waals surface area contributed by atoms with Crippen molar-refractivity contribution in [1.82, 2.24) is 5.32 Å². The molecule has 0 spiro atoms. The lowest BCUT2D eigenvalue weighted by molar-refractivity contribution is 0.422. The summed E-state index contributed by atoms with van der Waals surface area (Å²) in [6, 6.07) is 5.11. The maximum atomic E-state index is 13.4. The van der Waals surface area contributed by atoms with Gasteiger partial charge in [0, 0.05) is 17.0 Å². The lowest BCUT2D eigenvalue weighted by atomic mass is 10.1. The molecule has 0 unspecified atom stereocenters. The summed E-state index contributed by atoms with van der Waals surface area (Å²) in [5, 5.41) is 3.42. The van der Waals surface area contributed by atoms with E-state index in [4.69, 9.17) is 0 Å². The highest BCUT2D eigenvalue weighted by atomic mass is 32.2. The molecule has 0 saturated heterocycles. The number of thioether (sulfide) groups is 1. The van der Waals surface area contributed by atoms with E-state index in [9.17, 15) is 4.39 Å². The summed E-state index contributed by atoms with van der Waals surface area (Å²) in [6.07, 6.45) is 1.19. The summed E-state index contributed by atoms with van der Waals surface area (Å²) >= 11 is 1.83. The van der Waals surface area contributed by atoms with Crippen LogP contribution in [0, 0.1) is 11.7 Å². The zero-order valence-corrected chi connectivity index (χ0v) is 13.5. The molecular formula is C16H26FNS. The molecule has 0 saturated carbocycles. The summed E-state index contributed by atoms with van der Waals surface area (Å²) in [7, 11) is 0. The van der Waals surface area contributed by atoms with Crippen LogP contribution in [0.15, 0.2) is 23.1 Å². The van der Waals surface area contributed by atoms with Gasteiger partial charge in [0.2, 0.25) is 0 Å². The van der Waals surface area contributed by atoms with Crippen LogP contribution >= 0.6 is 11.8 Å². The summed E-state index contributed by atoms with van der Waals surface area (Å²) in [6.45, 7) is 11.5. The minimum Gasteiger partial charge on any atom is -0.308 e. The van der Waals surface area contributed by atoms with Crippen LogP contribution in [-0.2, 0) is 6.54 Å². The number of nitrogens with one attached hydrogen (secondary N) is 1. The average Bonchev–Trinajstić information content (AvgIpc) is 2.27. The van der Waals surface area contributed by atoms with Crippen LogP contribution in [0.5, 0.6) is 0 Å². The quantitative estimate of drug-likeness (QED) is 0.749. The minimum atomic E-state index is -0.154. The van der Waals surface area contributed by atoms with Gasteiger partial charge in [0.25, 0.3) is 0 Å². The first kappa shape index (κ1) is 16.5. The third-order valence-electron chi connectivity index (χ3n) is 2.78. The van der Waals surface area contributed by atoms with Gasteiger partial charge < -0.3 is 5.32 Å². The molecular weight excluding hydrogens is 257 g/mol. The van der Waals surface area contributed by atoms with Gasteiger partial charge in [0.1, 0.15) is 5.82 Å². The van der Waals surface area contributed by atoms with Gasteiger partial charge in [0.15, 0.2) is 0 Å². The third kappa shape index (κ3) is 6.98. The minimum absolute atomic E-state index is 0.0478. The summed E-state index contributed by atoms with van der Waals surface area (Å²) in [4.78, 5) is 1.19. The van der Waals surface area contributed by atoms with Gasteiger partial charge in [-0.15, -0.1) is 11.8 Å². The molecule has 0 bridgehead atoms. The second-order valence-corrected chi connectivity index (χ2v) is 7.52. The van der Waals surface area contributed by atoms with E-state index in [0.29, 0.717) is 12.5 Å². The zero-order valence-electron chi connectivity index (χ0n) is 12.7. The van der Waals surface area contributed by atoms with E-state index in [0.717, 1.165) is 11.3 Å². The van der Waals surface area contributed by atoms with E-state index >= 15 is 0 Å². The van der Waals surface area contributed by atoms with Gasteiger partial charge in [0.05, 0.1) is 0 Å². The molecule has 0 aliphatic carbocycles. The molecule has 0 aliphatic rings. The molecule has 1 N–H and O–H groups in total. The van der Waals surface area contributed by atoms with Crippen LogP contribution in [0.3, 0.4) is 0 Å². The largest absolute Gasteiger partial charge is 0.308 e. The Hall–Kier alpha value is -0.540. The number of halogens is 1. The number of rotatable bonds is 6. The molecule has 1 nitrogen and oxygen atoms in total. The number of benzene rings is 1. The maximum absolute atomic E-state index is 13.4. The first-order valence-electron chi connectivity index (χ1n) is 6.94. The standard InChI is InChI=1S/C16H26FNS/c1-12(2)8-9-19-15-7-6-14(17)10-13(15)11-18-16(3,4)5/h6-7,10,12,18H,8-9,11H2,1-5H3. The molecule has 1 rings (SSSR count). The van der Waals surface area contributed by atoms with Crippen LogP contribution in [0.2, 0.25) is 0 Å². The Balaban J connectivity index is 2.68. The summed E-state index contributed by atoms with van der Waals surface area (Å²) in [5.41, 5.74) is 1.11. The molecule has 0 heterocycles. The molecule has 19 heavy (non-hydrogen) atoms. The number of hydrogen-bond donors (Lipinski definition) is 1. The Morgan fingerprint density at radius 1 is 1.26 bits per heavy atom. The average molecular weight is 283 g/mol. The fourth-order valence-corrected chi connectivity index (χ4v) is 2.88. The molecule has 3 heteroatoms. The van der Waals surface area contributed by atoms with Crippen LogP contribution in [-0.4, -0.2) is 11.3 Å². The SMILES string of the molecule is CC(C)CCSc1ccc(F)cc1CNC(C)(C)C. The summed E-state index contributed by atoms with van der Waals surface area (Å²) in [5.74, 6) is 1.65. The predicted octanol–water partition coefficient (Wildman–Crippen LogP) is 4.85. The van der Waals surface area contributed by atoms with Crippen molar-refractivity contribution in [3.8, 4) is 0 Å². The van der Waals surface area contributed by atoms with Crippen LogP contribution < -0.4 is 5.32 Å².